The lowest BCUT2D eigenvalue weighted by Gasteiger charge is -2.25. The van der Waals surface area contributed by atoms with Crippen molar-refractivity contribution in [1.29, 1.82) is 0 Å². The molecule has 0 radical (unpaired) electrons. The average Bonchev–Trinajstić information content (AvgIpc) is 2.77. The van der Waals surface area contributed by atoms with Crippen LogP contribution in [0.5, 0.6) is 0 Å². The van der Waals surface area contributed by atoms with E-state index in [9.17, 15) is 14.9 Å². The van der Waals surface area contributed by atoms with Gasteiger partial charge in [-0.25, -0.2) is 4.79 Å². The molecule has 0 aromatic heterocycles. The molecule has 96 valence electrons. The fourth-order valence-electron chi connectivity index (χ4n) is 2.43. The molecule has 6 heteroatoms. The molecule has 1 fully saturated rings. The topological polar surface area (TPSA) is 83.7 Å². The van der Waals surface area contributed by atoms with Crippen molar-refractivity contribution in [3.05, 3.63) is 33.9 Å². The molecule has 0 bridgehead atoms. The minimum Gasteiger partial charge on any atom is -0.480 e. The number of anilines is 1. The fraction of sp³-hybridized carbons (Fsp3) is 0.417. The van der Waals surface area contributed by atoms with Gasteiger partial charge >= 0.3 is 5.97 Å². The van der Waals surface area contributed by atoms with Gasteiger partial charge in [0, 0.05) is 18.3 Å². The van der Waals surface area contributed by atoms with E-state index in [0.717, 1.165) is 6.42 Å². The normalized spacial score (nSPS) is 18.9. The molecule has 1 unspecified atom stereocenters. The molecule has 0 spiro atoms. The average molecular weight is 250 g/mol. The second-order valence-corrected chi connectivity index (χ2v) is 4.37. The lowest BCUT2D eigenvalue weighted by Crippen LogP contribution is -2.36. The van der Waals surface area contributed by atoms with E-state index in [1.54, 1.807) is 24.0 Å². The summed E-state index contributed by atoms with van der Waals surface area (Å²) in [6.45, 7) is 2.28. The van der Waals surface area contributed by atoms with E-state index in [-0.39, 0.29) is 5.69 Å². The highest BCUT2D eigenvalue weighted by atomic mass is 16.6. The molecule has 18 heavy (non-hydrogen) atoms. The quantitative estimate of drug-likeness (QED) is 0.654. The van der Waals surface area contributed by atoms with Gasteiger partial charge in [0.15, 0.2) is 0 Å². The summed E-state index contributed by atoms with van der Waals surface area (Å²) in [4.78, 5) is 23.3. The molecule has 1 heterocycles. The Morgan fingerprint density at radius 1 is 1.56 bits per heavy atom. The number of nitrogens with zero attached hydrogens (tertiary/aromatic N) is 2. The Morgan fingerprint density at radius 2 is 2.28 bits per heavy atom. The maximum atomic E-state index is 11.1. The number of hydrogen-bond acceptors (Lipinski definition) is 4. The first-order valence-electron chi connectivity index (χ1n) is 5.76. The van der Waals surface area contributed by atoms with Crippen LogP contribution >= 0.6 is 0 Å². The number of benzene rings is 1. The van der Waals surface area contributed by atoms with Gasteiger partial charge in [-0.05, 0) is 25.8 Å². The Labute approximate surface area is 104 Å². The molecule has 1 aliphatic heterocycles. The van der Waals surface area contributed by atoms with Crippen LogP contribution in [0.1, 0.15) is 18.4 Å². The molecule has 1 saturated heterocycles. The largest absolute Gasteiger partial charge is 0.480 e. The zero-order valence-corrected chi connectivity index (χ0v) is 10.00. The van der Waals surface area contributed by atoms with E-state index in [4.69, 9.17) is 5.11 Å². The number of aliphatic carboxylic acids is 1. The predicted octanol–water partition coefficient (Wildman–Crippen LogP) is 1.96. The number of nitro benzene ring substituents is 1. The lowest BCUT2D eigenvalue weighted by molar-refractivity contribution is -0.385. The third-order valence-corrected chi connectivity index (χ3v) is 3.32. The van der Waals surface area contributed by atoms with Crippen LogP contribution in [0, 0.1) is 17.0 Å². The Hall–Kier alpha value is -2.11. The highest BCUT2D eigenvalue weighted by Crippen LogP contribution is 2.33. The van der Waals surface area contributed by atoms with Gasteiger partial charge in [0.25, 0.3) is 5.69 Å². The summed E-state index contributed by atoms with van der Waals surface area (Å²) < 4.78 is 0. The number of carbonyl (C=O) groups is 1. The number of carboxylic acids is 1. The first kappa shape index (κ1) is 12.3. The minimum absolute atomic E-state index is 0.0311. The first-order valence-corrected chi connectivity index (χ1v) is 5.76. The zero-order chi connectivity index (χ0) is 13.3. The highest BCUT2D eigenvalue weighted by molar-refractivity contribution is 5.80. The summed E-state index contributed by atoms with van der Waals surface area (Å²) in [6.07, 6.45) is 1.37. The van der Waals surface area contributed by atoms with Gasteiger partial charge in [-0.2, -0.15) is 0 Å². The maximum absolute atomic E-state index is 11.1. The zero-order valence-electron chi connectivity index (χ0n) is 10.00. The molecule has 0 saturated carbocycles. The van der Waals surface area contributed by atoms with Crippen LogP contribution in [0.25, 0.3) is 0 Å². The van der Waals surface area contributed by atoms with E-state index in [1.807, 2.05) is 0 Å². The summed E-state index contributed by atoms with van der Waals surface area (Å²) in [5.41, 5.74) is 1.20. The highest BCUT2D eigenvalue weighted by Gasteiger charge is 2.32. The maximum Gasteiger partial charge on any atom is 0.326 e. The van der Waals surface area contributed by atoms with Crippen LogP contribution in [0.15, 0.2) is 18.2 Å². The summed E-state index contributed by atoms with van der Waals surface area (Å²) in [5, 5.41) is 20.0. The number of carboxylic acid groups (broad SMARTS) is 1. The molecular formula is C12H14N2O4. The predicted molar refractivity (Wildman–Crippen MR) is 65.8 cm³/mol. The summed E-state index contributed by atoms with van der Waals surface area (Å²) in [6, 6.07) is 4.19. The van der Waals surface area contributed by atoms with Crippen LogP contribution < -0.4 is 4.90 Å². The Kier molecular flexibility index (Phi) is 3.18. The number of rotatable bonds is 3. The molecule has 0 aliphatic carbocycles. The van der Waals surface area contributed by atoms with E-state index >= 15 is 0 Å². The van der Waals surface area contributed by atoms with Gasteiger partial charge in [0.1, 0.15) is 6.04 Å². The van der Waals surface area contributed by atoms with Crippen LogP contribution in [0.4, 0.5) is 11.4 Å². The number of nitro groups is 1. The van der Waals surface area contributed by atoms with Gasteiger partial charge in [0.2, 0.25) is 0 Å². The van der Waals surface area contributed by atoms with Crippen molar-refractivity contribution in [2.45, 2.75) is 25.8 Å². The minimum atomic E-state index is -0.876. The fourth-order valence-corrected chi connectivity index (χ4v) is 2.43. The summed E-state index contributed by atoms with van der Waals surface area (Å²) >= 11 is 0. The molecule has 6 nitrogen and oxygen atoms in total. The molecule has 0 amide bonds. The second-order valence-electron chi connectivity index (χ2n) is 4.37. The Balaban J connectivity index is 2.42. The van der Waals surface area contributed by atoms with E-state index in [0.29, 0.717) is 24.2 Å². The molecule has 1 atom stereocenters. The van der Waals surface area contributed by atoms with Crippen molar-refractivity contribution < 1.29 is 14.8 Å². The smallest absolute Gasteiger partial charge is 0.326 e. The summed E-state index contributed by atoms with van der Waals surface area (Å²) in [5.74, 6) is -0.876. The van der Waals surface area contributed by atoms with E-state index < -0.39 is 16.9 Å². The third kappa shape index (κ3) is 2.01. The SMILES string of the molecule is Cc1c(N2CCCC2C(=O)O)cccc1[N+](=O)[O-]. The van der Waals surface area contributed by atoms with Gasteiger partial charge < -0.3 is 10.0 Å². The van der Waals surface area contributed by atoms with E-state index in [2.05, 4.69) is 0 Å². The Bertz CT molecular complexity index is 501. The molecule has 1 N–H and O–H groups in total. The van der Waals surface area contributed by atoms with Gasteiger partial charge in [-0.3, -0.25) is 10.1 Å². The van der Waals surface area contributed by atoms with Crippen molar-refractivity contribution in [3.8, 4) is 0 Å². The first-order chi connectivity index (χ1) is 8.52. The summed E-state index contributed by atoms with van der Waals surface area (Å²) in [7, 11) is 0. The van der Waals surface area contributed by atoms with Crippen LogP contribution in [0.3, 0.4) is 0 Å². The van der Waals surface area contributed by atoms with E-state index in [1.165, 1.54) is 6.07 Å². The second kappa shape index (κ2) is 4.64. The van der Waals surface area contributed by atoms with Gasteiger partial charge in [-0.15, -0.1) is 0 Å². The monoisotopic (exact) mass is 250 g/mol. The van der Waals surface area contributed by atoms with Crippen LogP contribution in [0.2, 0.25) is 0 Å². The van der Waals surface area contributed by atoms with Crippen molar-refractivity contribution in [3.63, 3.8) is 0 Å². The lowest BCUT2D eigenvalue weighted by atomic mass is 10.1. The molecule has 1 aliphatic rings. The van der Waals surface area contributed by atoms with Crippen LogP contribution in [-0.4, -0.2) is 28.6 Å². The standard InChI is InChI=1S/C12H14N2O4/c1-8-9(4-2-5-10(8)14(17)18)13-7-3-6-11(13)12(15)16/h2,4-5,11H,3,6-7H2,1H3,(H,15,16). The van der Waals surface area contributed by atoms with Gasteiger partial charge in [-0.1, -0.05) is 6.07 Å². The van der Waals surface area contributed by atoms with Crippen LogP contribution in [-0.2, 0) is 4.79 Å². The van der Waals surface area contributed by atoms with Crippen molar-refractivity contribution in [1.82, 2.24) is 0 Å². The van der Waals surface area contributed by atoms with Crippen molar-refractivity contribution in [2.75, 3.05) is 11.4 Å². The molecular weight excluding hydrogens is 236 g/mol. The van der Waals surface area contributed by atoms with Gasteiger partial charge in [0.05, 0.1) is 10.5 Å². The molecule has 1 aromatic carbocycles. The third-order valence-electron chi connectivity index (χ3n) is 3.32. The number of hydrogen-bond donors (Lipinski definition) is 1. The van der Waals surface area contributed by atoms with Crippen molar-refractivity contribution >= 4 is 17.3 Å². The molecule has 2 rings (SSSR count). The van der Waals surface area contributed by atoms with Crippen molar-refractivity contribution in [2.24, 2.45) is 0 Å². The Morgan fingerprint density at radius 3 is 2.89 bits per heavy atom. The molecule has 1 aromatic rings.